The second kappa shape index (κ2) is 11.3. The summed E-state index contributed by atoms with van der Waals surface area (Å²) in [5.41, 5.74) is 0.0508. The molecular weight excluding hydrogens is 444 g/mol. The summed E-state index contributed by atoms with van der Waals surface area (Å²) >= 11 is 0. The lowest BCUT2D eigenvalue weighted by molar-refractivity contribution is -0.384. The number of nitrogens with one attached hydrogen (secondary N) is 1. The molecule has 176 valence electrons. The van der Waals surface area contributed by atoms with Crippen molar-refractivity contribution in [3.8, 4) is 23.0 Å². The SMILES string of the molecule is CCOC(=O)COc1cccc(NC(=O)c2cc([N+](=O)[O-])ccc2Oc2ccc(OC)cc2)c1. The number of non-ortho nitro benzene ring substituents is 1. The second-order valence-electron chi connectivity index (χ2n) is 6.79. The van der Waals surface area contributed by atoms with E-state index in [1.165, 1.54) is 25.3 Å². The van der Waals surface area contributed by atoms with Gasteiger partial charge in [0.1, 0.15) is 23.0 Å². The Labute approximate surface area is 195 Å². The molecule has 0 spiro atoms. The predicted molar refractivity (Wildman–Crippen MR) is 123 cm³/mol. The van der Waals surface area contributed by atoms with Crippen molar-refractivity contribution in [1.82, 2.24) is 0 Å². The number of benzene rings is 3. The van der Waals surface area contributed by atoms with Crippen LogP contribution in [0.5, 0.6) is 23.0 Å². The molecule has 0 aliphatic carbocycles. The average Bonchev–Trinajstić information content (AvgIpc) is 2.83. The number of nitro groups is 1. The number of anilines is 1. The molecule has 0 saturated heterocycles. The van der Waals surface area contributed by atoms with Crippen molar-refractivity contribution < 1.29 is 33.5 Å². The first-order valence-electron chi connectivity index (χ1n) is 10.2. The molecule has 10 nitrogen and oxygen atoms in total. The van der Waals surface area contributed by atoms with E-state index in [2.05, 4.69) is 5.32 Å². The maximum atomic E-state index is 13.0. The van der Waals surface area contributed by atoms with Crippen molar-refractivity contribution in [2.45, 2.75) is 6.92 Å². The number of hydrogen-bond acceptors (Lipinski definition) is 8. The molecule has 0 fully saturated rings. The van der Waals surface area contributed by atoms with Crippen molar-refractivity contribution >= 4 is 23.3 Å². The number of amides is 1. The minimum absolute atomic E-state index is 0.0390. The molecule has 0 aromatic heterocycles. The highest BCUT2D eigenvalue weighted by molar-refractivity contribution is 6.06. The number of methoxy groups -OCH3 is 1. The summed E-state index contributed by atoms with van der Waals surface area (Å²) in [7, 11) is 1.53. The van der Waals surface area contributed by atoms with Gasteiger partial charge in [-0.15, -0.1) is 0 Å². The maximum Gasteiger partial charge on any atom is 0.344 e. The van der Waals surface area contributed by atoms with E-state index < -0.39 is 16.8 Å². The van der Waals surface area contributed by atoms with Gasteiger partial charge in [-0.1, -0.05) is 6.07 Å². The van der Waals surface area contributed by atoms with E-state index in [0.717, 1.165) is 6.07 Å². The van der Waals surface area contributed by atoms with E-state index in [9.17, 15) is 19.7 Å². The van der Waals surface area contributed by atoms with E-state index >= 15 is 0 Å². The zero-order valence-corrected chi connectivity index (χ0v) is 18.5. The zero-order chi connectivity index (χ0) is 24.5. The molecule has 3 aromatic carbocycles. The molecule has 3 aromatic rings. The van der Waals surface area contributed by atoms with Crippen LogP contribution in [-0.4, -0.2) is 37.1 Å². The van der Waals surface area contributed by atoms with Gasteiger partial charge in [0.05, 0.1) is 24.2 Å². The molecule has 1 amide bonds. The Hall–Kier alpha value is -4.60. The number of ether oxygens (including phenoxy) is 4. The van der Waals surface area contributed by atoms with E-state index in [-0.39, 0.29) is 30.2 Å². The number of rotatable bonds is 10. The number of hydrogen-bond donors (Lipinski definition) is 1. The van der Waals surface area contributed by atoms with Crippen molar-refractivity contribution in [2.75, 3.05) is 25.6 Å². The van der Waals surface area contributed by atoms with Gasteiger partial charge >= 0.3 is 5.97 Å². The average molecular weight is 466 g/mol. The Morgan fingerprint density at radius 3 is 2.38 bits per heavy atom. The molecule has 0 aliphatic heterocycles. The predicted octanol–water partition coefficient (Wildman–Crippen LogP) is 4.59. The van der Waals surface area contributed by atoms with E-state index in [1.807, 2.05) is 0 Å². The zero-order valence-electron chi connectivity index (χ0n) is 18.5. The summed E-state index contributed by atoms with van der Waals surface area (Å²) < 4.78 is 21.1. The van der Waals surface area contributed by atoms with Gasteiger partial charge in [-0.3, -0.25) is 14.9 Å². The third-order valence-electron chi connectivity index (χ3n) is 4.46. The molecule has 0 aliphatic rings. The van der Waals surface area contributed by atoms with Crippen LogP contribution in [0.2, 0.25) is 0 Å². The smallest absolute Gasteiger partial charge is 0.344 e. The maximum absolute atomic E-state index is 13.0. The topological polar surface area (TPSA) is 126 Å². The monoisotopic (exact) mass is 466 g/mol. The van der Waals surface area contributed by atoms with Crippen LogP contribution in [0.1, 0.15) is 17.3 Å². The minimum Gasteiger partial charge on any atom is -0.497 e. The highest BCUT2D eigenvalue weighted by Crippen LogP contribution is 2.30. The summed E-state index contributed by atoms with van der Waals surface area (Å²) in [5.74, 6) is 0.350. The summed E-state index contributed by atoms with van der Waals surface area (Å²) in [6.07, 6.45) is 0. The van der Waals surface area contributed by atoms with Crippen LogP contribution in [0, 0.1) is 10.1 Å². The number of nitrogens with zero attached hydrogens (tertiary/aromatic N) is 1. The lowest BCUT2D eigenvalue weighted by Gasteiger charge is -2.13. The van der Waals surface area contributed by atoms with Crippen LogP contribution in [0.25, 0.3) is 0 Å². The van der Waals surface area contributed by atoms with Crippen molar-refractivity contribution in [1.29, 1.82) is 0 Å². The molecule has 0 heterocycles. The van der Waals surface area contributed by atoms with Crippen LogP contribution in [-0.2, 0) is 9.53 Å². The van der Waals surface area contributed by atoms with Crippen LogP contribution >= 0.6 is 0 Å². The first kappa shape index (κ1) is 24.1. The lowest BCUT2D eigenvalue weighted by atomic mass is 10.1. The third kappa shape index (κ3) is 6.45. The summed E-state index contributed by atoms with van der Waals surface area (Å²) in [6, 6.07) is 16.8. The minimum atomic E-state index is -0.630. The molecule has 10 heteroatoms. The molecule has 0 atom stereocenters. The fourth-order valence-corrected chi connectivity index (χ4v) is 2.88. The Bertz CT molecular complexity index is 1180. The molecular formula is C24H22N2O8. The van der Waals surface area contributed by atoms with E-state index in [0.29, 0.717) is 22.9 Å². The largest absolute Gasteiger partial charge is 0.497 e. The van der Waals surface area contributed by atoms with Gasteiger partial charge in [0.2, 0.25) is 0 Å². The van der Waals surface area contributed by atoms with E-state index in [1.54, 1.807) is 49.4 Å². The number of nitro benzene ring substituents is 1. The van der Waals surface area contributed by atoms with E-state index in [4.69, 9.17) is 18.9 Å². The summed E-state index contributed by atoms with van der Waals surface area (Å²) in [5, 5.41) is 13.9. The highest BCUT2D eigenvalue weighted by Gasteiger charge is 2.19. The molecule has 0 unspecified atom stereocenters. The van der Waals surface area contributed by atoms with Crippen LogP contribution in [0.15, 0.2) is 66.7 Å². The summed E-state index contributed by atoms with van der Waals surface area (Å²) in [6.45, 7) is 1.65. The second-order valence-corrected chi connectivity index (χ2v) is 6.79. The van der Waals surface area contributed by atoms with Crippen LogP contribution in [0.3, 0.4) is 0 Å². The lowest BCUT2D eigenvalue weighted by Crippen LogP contribution is -2.15. The Morgan fingerprint density at radius 2 is 1.71 bits per heavy atom. The molecule has 1 N–H and O–H groups in total. The Balaban J connectivity index is 1.81. The molecule has 34 heavy (non-hydrogen) atoms. The standard InChI is InChI=1S/C24H22N2O8/c1-3-32-23(27)15-33-20-6-4-5-16(13-20)25-24(28)21-14-17(26(29)30)7-12-22(21)34-19-10-8-18(31-2)9-11-19/h4-14H,3,15H2,1-2H3,(H,25,28). The van der Waals surface area contributed by atoms with Gasteiger partial charge in [-0.2, -0.15) is 0 Å². The quantitative estimate of drug-likeness (QED) is 0.261. The fourth-order valence-electron chi connectivity index (χ4n) is 2.88. The Morgan fingerprint density at radius 1 is 0.971 bits per heavy atom. The van der Waals surface area contributed by atoms with Crippen molar-refractivity contribution in [3.63, 3.8) is 0 Å². The normalized spacial score (nSPS) is 10.2. The molecule has 0 bridgehead atoms. The van der Waals surface area contributed by atoms with Gasteiger partial charge in [-0.25, -0.2) is 4.79 Å². The number of esters is 1. The molecule has 0 saturated carbocycles. The van der Waals surface area contributed by atoms with Crippen molar-refractivity contribution in [2.24, 2.45) is 0 Å². The Kier molecular flexibility index (Phi) is 8.01. The molecule has 0 radical (unpaired) electrons. The number of carbonyl (C=O) groups excluding carboxylic acids is 2. The number of carbonyl (C=O) groups is 2. The molecule has 3 rings (SSSR count). The van der Waals surface area contributed by atoms with Gasteiger partial charge in [-0.05, 0) is 49.4 Å². The van der Waals surface area contributed by atoms with Crippen molar-refractivity contribution in [3.05, 3.63) is 82.4 Å². The van der Waals surface area contributed by atoms with Crippen LogP contribution < -0.4 is 19.5 Å². The first-order valence-corrected chi connectivity index (χ1v) is 10.2. The van der Waals surface area contributed by atoms with Crippen LogP contribution in [0.4, 0.5) is 11.4 Å². The van der Waals surface area contributed by atoms with Gasteiger partial charge in [0.15, 0.2) is 6.61 Å². The van der Waals surface area contributed by atoms with Gasteiger partial charge in [0.25, 0.3) is 11.6 Å². The van der Waals surface area contributed by atoms with Gasteiger partial charge < -0.3 is 24.3 Å². The highest BCUT2D eigenvalue weighted by atomic mass is 16.6. The first-order chi connectivity index (χ1) is 16.4. The third-order valence-corrected chi connectivity index (χ3v) is 4.46. The van der Waals surface area contributed by atoms with Gasteiger partial charge in [0, 0.05) is 23.9 Å². The summed E-state index contributed by atoms with van der Waals surface area (Å²) in [4.78, 5) is 35.2. The fraction of sp³-hybridized carbons (Fsp3) is 0.167.